The van der Waals surface area contributed by atoms with E-state index in [0.29, 0.717) is 18.0 Å². The average Bonchev–Trinajstić information content (AvgIpc) is 3.40. The summed E-state index contributed by atoms with van der Waals surface area (Å²) in [5.74, 6) is 0.198. The minimum absolute atomic E-state index is 0.0471. The predicted molar refractivity (Wildman–Crippen MR) is 158 cm³/mol. The Balaban J connectivity index is 1.35. The van der Waals surface area contributed by atoms with E-state index in [1.807, 2.05) is 36.4 Å². The van der Waals surface area contributed by atoms with Crippen molar-refractivity contribution in [2.24, 2.45) is 0 Å². The minimum atomic E-state index is -0.0767. The lowest BCUT2D eigenvalue weighted by Crippen LogP contribution is -2.27. The molecule has 5 aromatic rings. The fraction of sp³-hybridized carbons (Fsp3) is 0.206. The predicted octanol–water partition coefficient (Wildman–Crippen LogP) is 8.24. The van der Waals surface area contributed by atoms with Gasteiger partial charge in [0.1, 0.15) is 0 Å². The lowest BCUT2D eigenvalue weighted by molar-refractivity contribution is -0.121. The van der Waals surface area contributed by atoms with Gasteiger partial charge in [-0.1, -0.05) is 110 Å². The van der Waals surface area contributed by atoms with E-state index in [0.717, 1.165) is 29.5 Å². The second-order valence-electron chi connectivity index (χ2n) is 9.76. The Morgan fingerprint density at radius 2 is 1.42 bits per heavy atom. The fourth-order valence-electron chi connectivity index (χ4n) is 5.43. The molecule has 2 N–H and O–H groups in total. The molecule has 1 aromatic heterocycles. The number of rotatable bonds is 10. The third kappa shape index (κ3) is 5.84. The van der Waals surface area contributed by atoms with Crippen molar-refractivity contribution >= 4 is 28.4 Å². The third-order valence-corrected chi connectivity index (χ3v) is 7.66. The number of aromatic nitrogens is 1. The zero-order valence-corrected chi connectivity index (χ0v) is 22.4. The monoisotopic (exact) mass is 520 g/mol. The summed E-state index contributed by atoms with van der Waals surface area (Å²) in [4.78, 5) is 16.8. The molecular formula is C34H33ClN2O. The smallest absolute Gasteiger partial charge is 0.220 e. The van der Waals surface area contributed by atoms with E-state index < -0.39 is 0 Å². The summed E-state index contributed by atoms with van der Waals surface area (Å²) in [5.41, 5.74) is 7.17. The summed E-state index contributed by atoms with van der Waals surface area (Å²) < 4.78 is 0. The number of halogens is 1. The summed E-state index contributed by atoms with van der Waals surface area (Å²) in [6.45, 7) is 2.77. The highest BCUT2D eigenvalue weighted by Crippen LogP contribution is 2.35. The first-order chi connectivity index (χ1) is 18.6. The lowest BCUT2D eigenvalue weighted by Gasteiger charge is -2.20. The quantitative estimate of drug-likeness (QED) is 0.191. The van der Waals surface area contributed by atoms with Crippen molar-refractivity contribution < 1.29 is 4.79 Å². The molecule has 3 nitrogen and oxygen atoms in total. The number of aromatic amines is 1. The maximum atomic E-state index is 13.4. The normalized spacial score (nSPS) is 12.1. The molecule has 192 valence electrons. The average molecular weight is 521 g/mol. The molecule has 5 rings (SSSR count). The van der Waals surface area contributed by atoms with Gasteiger partial charge in [-0.2, -0.15) is 0 Å². The fourth-order valence-corrected chi connectivity index (χ4v) is 5.56. The summed E-state index contributed by atoms with van der Waals surface area (Å²) >= 11 is 6.20. The van der Waals surface area contributed by atoms with Crippen LogP contribution in [0.2, 0.25) is 5.02 Å². The summed E-state index contributed by atoms with van der Waals surface area (Å²) in [6, 6.07) is 35.3. The third-order valence-electron chi connectivity index (χ3n) is 7.41. The second kappa shape index (κ2) is 12.1. The number of hydrogen-bond acceptors (Lipinski definition) is 1. The molecule has 0 bridgehead atoms. The van der Waals surface area contributed by atoms with Crippen LogP contribution in [0.3, 0.4) is 0 Å². The molecule has 0 aliphatic heterocycles. The zero-order chi connectivity index (χ0) is 26.3. The molecule has 4 heteroatoms. The van der Waals surface area contributed by atoms with Gasteiger partial charge in [0, 0.05) is 46.9 Å². The van der Waals surface area contributed by atoms with Gasteiger partial charge in [-0.25, -0.2) is 0 Å². The first-order valence-electron chi connectivity index (χ1n) is 13.3. The van der Waals surface area contributed by atoms with Crippen LogP contribution in [0.25, 0.3) is 10.9 Å². The number of aryl methyl sites for hydroxylation is 1. The number of carbonyl (C=O) groups is 1. The van der Waals surface area contributed by atoms with Gasteiger partial charge < -0.3 is 10.3 Å². The molecule has 4 aromatic carbocycles. The van der Waals surface area contributed by atoms with Gasteiger partial charge in [0.05, 0.1) is 0 Å². The van der Waals surface area contributed by atoms with E-state index in [4.69, 9.17) is 11.6 Å². The maximum Gasteiger partial charge on any atom is 0.220 e. The second-order valence-corrected chi connectivity index (χ2v) is 10.2. The van der Waals surface area contributed by atoms with E-state index in [1.165, 1.54) is 22.1 Å². The highest BCUT2D eigenvalue weighted by Gasteiger charge is 2.22. The van der Waals surface area contributed by atoms with E-state index >= 15 is 0 Å². The van der Waals surface area contributed by atoms with E-state index in [9.17, 15) is 4.79 Å². The summed E-state index contributed by atoms with van der Waals surface area (Å²) in [6.07, 6.45) is 4.22. The molecule has 0 spiro atoms. The Bertz CT molecular complexity index is 1440. The van der Waals surface area contributed by atoms with Crippen molar-refractivity contribution in [3.63, 3.8) is 0 Å². The van der Waals surface area contributed by atoms with Gasteiger partial charge in [0.15, 0.2) is 0 Å². The highest BCUT2D eigenvalue weighted by atomic mass is 35.5. The van der Waals surface area contributed by atoms with Crippen molar-refractivity contribution in [2.75, 3.05) is 6.54 Å². The number of carbonyl (C=O) groups excluding carboxylic acids is 1. The molecule has 0 radical (unpaired) electrons. The topological polar surface area (TPSA) is 44.9 Å². The SMILES string of the molecule is CCc1cccc2c(C(CC(=O)NCCC(c3ccccc3)c3ccccc3)c3ccc(Cl)cc3)c[nH]c12. The Morgan fingerprint density at radius 1 is 0.789 bits per heavy atom. The Kier molecular flexibility index (Phi) is 8.25. The number of H-pyrrole nitrogens is 1. The van der Waals surface area contributed by atoms with Crippen LogP contribution in [0.4, 0.5) is 0 Å². The van der Waals surface area contributed by atoms with Crippen LogP contribution in [0.15, 0.2) is 109 Å². The van der Waals surface area contributed by atoms with E-state index in [1.54, 1.807) is 0 Å². The van der Waals surface area contributed by atoms with Crippen molar-refractivity contribution in [3.8, 4) is 0 Å². The van der Waals surface area contributed by atoms with Gasteiger partial charge in [-0.05, 0) is 52.8 Å². The molecule has 1 atom stereocenters. The van der Waals surface area contributed by atoms with Crippen LogP contribution < -0.4 is 5.32 Å². The molecule has 0 aliphatic carbocycles. The van der Waals surface area contributed by atoms with Crippen molar-refractivity contribution in [2.45, 2.75) is 38.0 Å². The molecule has 1 amide bonds. The van der Waals surface area contributed by atoms with Crippen LogP contribution in [0.1, 0.15) is 59.4 Å². The Morgan fingerprint density at radius 3 is 2.05 bits per heavy atom. The van der Waals surface area contributed by atoms with Crippen LogP contribution in [-0.4, -0.2) is 17.4 Å². The van der Waals surface area contributed by atoms with Gasteiger partial charge in [-0.3, -0.25) is 4.79 Å². The van der Waals surface area contributed by atoms with Crippen LogP contribution in [0.5, 0.6) is 0 Å². The Hall–Kier alpha value is -3.82. The van der Waals surface area contributed by atoms with Crippen molar-refractivity contribution in [3.05, 3.63) is 142 Å². The highest BCUT2D eigenvalue weighted by molar-refractivity contribution is 6.30. The molecule has 38 heavy (non-hydrogen) atoms. The summed E-state index contributed by atoms with van der Waals surface area (Å²) in [5, 5.41) is 5.08. The number of para-hydroxylation sites is 1. The number of hydrogen-bond donors (Lipinski definition) is 2. The first kappa shape index (κ1) is 25.8. The van der Waals surface area contributed by atoms with Crippen molar-refractivity contribution in [1.29, 1.82) is 0 Å². The van der Waals surface area contributed by atoms with Gasteiger partial charge in [0.25, 0.3) is 0 Å². The van der Waals surface area contributed by atoms with Gasteiger partial charge in [0.2, 0.25) is 5.91 Å². The molecular weight excluding hydrogens is 488 g/mol. The minimum Gasteiger partial charge on any atom is -0.361 e. The number of amides is 1. The maximum absolute atomic E-state index is 13.4. The van der Waals surface area contributed by atoms with Gasteiger partial charge in [-0.15, -0.1) is 0 Å². The summed E-state index contributed by atoms with van der Waals surface area (Å²) in [7, 11) is 0. The van der Waals surface area contributed by atoms with Gasteiger partial charge >= 0.3 is 0 Å². The van der Waals surface area contributed by atoms with E-state index in [2.05, 4.69) is 90.2 Å². The van der Waals surface area contributed by atoms with Crippen LogP contribution in [0, 0.1) is 0 Å². The Labute approximate surface area is 229 Å². The molecule has 0 saturated carbocycles. The zero-order valence-electron chi connectivity index (χ0n) is 21.7. The standard InChI is InChI=1S/C34H33ClN2O/c1-2-24-14-9-15-30-32(23-37-34(24)30)31(27-16-18-28(35)19-17-27)22-33(38)36-21-20-29(25-10-5-3-6-11-25)26-12-7-4-8-13-26/h3-19,23,29,31,37H,2,20-22H2,1H3,(H,36,38). The number of benzene rings is 4. The van der Waals surface area contributed by atoms with E-state index in [-0.39, 0.29) is 17.7 Å². The van der Waals surface area contributed by atoms with Crippen molar-refractivity contribution in [1.82, 2.24) is 10.3 Å². The lowest BCUT2D eigenvalue weighted by atomic mass is 9.87. The first-order valence-corrected chi connectivity index (χ1v) is 13.7. The largest absolute Gasteiger partial charge is 0.361 e. The van der Waals surface area contributed by atoms with Crippen LogP contribution in [-0.2, 0) is 11.2 Å². The molecule has 1 unspecified atom stereocenters. The van der Waals surface area contributed by atoms with Crippen LogP contribution >= 0.6 is 11.6 Å². The molecule has 0 fully saturated rings. The number of nitrogens with one attached hydrogen (secondary N) is 2. The number of fused-ring (bicyclic) bond motifs is 1. The molecule has 0 saturated heterocycles. The molecule has 0 aliphatic rings. The molecule has 1 heterocycles.